The van der Waals surface area contributed by atoms with E-state index in [1.54, 1.807) is 0 Å². The van der Waals surface area contributed by atoms with Crippen molar-refractivity contribution in [3.63, 3.8) is 0 Å². The van der Waals surface area contributed by atoms with Crippen molar-refractivity contribution in [3.05, 3.63) is 0 Å². The lowest BCUT2D eigenvalue weighted by Gasteiger charge is -2.45. The number of nitrogens with zero attached hydrogens (tertiary/aromatic N) is 1. The molecular weight excluding hydrogens is 238 g/mol. The Morgan fingerprint density at radius 1 is 1.47 bits per heavy atom. The van der Waals surface area contributed by atoms with E-state index in [2.05, 4.69) is 24.1 Å². The summed E-state index contributed by atoms with van der Waals surface area (Å²) in [5.41, 5.74) is 6.04. The lowest BCUT2D eigenvalue weighted by molar-refractivity contribution is -0.124. The number of carbonyl (C=O) groups excluding carboxylic acids is 1. The third kappa shape index (κ3) is 4.46. The fourth-order valence-electron chi connectivity index (χ4n) is 2.85. The summed E-state index contributed by atoms with van der Waals surface area (Å²) in [4.78, 5) is 14.2. The van der Waals surface area contributed by atoms with Crippen LogP contribution >= 0.6 is 0 Å². The van der Waals surface area contributed by atoms with E-state index in [0.29, 0.717) is 13.1 Å². The smallest absolute Gasteiger partial charge is 0.234 e. The van der Waals surface area contributed by atoms with Crippen molar-refractivity contribution in [2.45, 2.75) is 64.5 Å². The number of hydrogen-bond donors (Lipinski definition) is 2. The molecule has 0 spiro atoms. The molecule has 0 radical (unpaired) electrons. The molecule has 1 amide bonds. The maximum Gasteiger partial charge on any atom is 0.234 e. The minimum atomic E-state index is 0.0271. The van der Waals surface area contributed by atoms with Gasteiger partial charge in [-0.3, -0.25) is 9.69 Å². The zero-order chi connectivity index (χ0) is 14.5. The predicted octanol–water partition coefficient (Wildman–Crippen LogP) is 1.74. The van der Waals surface area contributed by atoms with Crippen LogP contribution in [0.2, 0.25) is 0 Å². The van der Waals surface area contributed by atoms with Crippen LogP contribution in [0.25, 0.3) is 0 Å². The van der Waals surface area contributed by atoms with Crippen LogP contribution in [0.4, 0.5) is 0 Å². The number of amides is 1. The van der Waals surface area contributed by atoms with Gasteiger partial charge in [0, 0.05) is 18.1 Å². The van der Waals surface area contributed by atoms with Crippen molar-refractivity contribution in [1.29, 1.82) is 0 Å². The molecule has 3 N–H and O–H groups in total. The van der Waals surface area contributed by atoms with Crippen molar-refractivity contribution in [1.82, 2.24) is 10.2 Å². The Balaban J connectivity index is 2.54. The molecule has 4 heteroatoms. The van der Waals surface area contributed by atoms with Crippen molar-refractivity contribution in [2.24, 2.45) is 11.7 Å². The quantitative estimate of drug-likeness (QED) is 0.772. The van der Waals surface area contributed by atoms with E-state index in [9.17, 15) is 4.79 Å². The first-order valence-electron chi connectivity index (χ1n) is 7.64. The molecule has 0 aromatic rings. The average Bonchev–Trinajstić information content (AvgIpc) is 2.39. The molecule has 1 fully saturated rings. The molecule has 112 valence electrons. The normalized spacial score (nSPS) is 29.3. The summed E-state index contributed by atoms with van der Waals surface area (Å²) in [6.45, 7) is 7.52. The predicted molar refractivity (Wildman–Crippen MR) is 79.9 cm³/mol. The number of rotatable bonds is 6. The van der Waals surface area contributed by atoms with Crippen LogP contribution < -0.4 is 11.1 Å². The molecule has 1 rings (SSSR count). The van der Waals surface area contributed by atoms with Crippen molar-refractivity contribution in [2.75, 3.05) is 20.1 Å². The molecule has 1 unspecified atom stereocenters. The molecule has 1 saturated carbocycles. The van der Waals surface area contributed by atoms with Crippen LogP contribution in [-0.4, -0.2) is 42.5 Å². The Morgan fingerprint density at radius 2 is 2.05 bits per heavy atom. The molecule has 0 aromatic heterocycles. The van der Waals surface area contributed by atoms with Gasteiger partial charge < -0.3 is 11.1 Å². The van der Waals surface area contributed by atoms with Gasteiger partial charge in [-0.25, -0.2) is 0 Å². The summed E-state index contributed by atoms with van der Waals surface area (Å²) in [5, 5.41) is 3.03. The highest BCUT2D eigenvalue weighted by Crippen LogP contribution is 2.34. The Labute approximate surface area is 118 Å². The van der Waals surface area contributed by atoms with Crippen LogP contribution in [0.15, 0.2) is 0 Å². The van der Waals surface area contributed by atoms with Crippen LogP contribution in [0.1, 0.15) is 52.9 Å². The molecule has 0 aliphatic heterocycles. The lowest BCUT2D eigenvalue weighted by Crippen LogP contribution is -2.56. The topological polar surface area (TPSA) is 58.4 Å². The highest BCUT2D eigenvalue weighted by Gasteiger charge is 2.37. The van der Waals surface area contributed by atoms with E-state index in [0.717, 1.165) is 25.2 Å². The van der Waals surface area contributed by atoms with E-state index in [-0.39, 0.29) is 17.5 Å². The minimum Gasteiger partial charge on any atom is -0.353 e. The van der Waals surface area contributed by atoms with Gasteiger partial charge in [-0.15, -0.1) is 0 Å². The SMILES string of the molecule is CCC(C)NC(=O)CN(C)C1(CN)CCC(C)CC1. The van der Waals surface area contributed by atoms with Crippen LogP contribution in [0, 0.1) is 5.92 Å². The van der Waals surface area contributed by atoms with Crippen molar-refractivity contribution in [3.8, 4) is 0 Å². The molecular formula is C15H31N3O. The second-order valence-electron chi connectivity index (χ2n) is 6.34. The van der Waals surface area contributed by atoms with Crippen LogP contribution in [0.3, 0.4) is 0 Å². The maximum absolute atomic E-state index is 12.0. The second kappa shape index (κ2) is 7.25. The lowest BCUT2D eigenvalue weighted by atomic mass is 9.76. The van der Waals surface area contributed by atoms with Crippen molar-refractivity contribution >= 4 is 5.91 Å². The number of nitrogens with one attached hydrogen (secondary N) is 1. The van der Waals surface area contributed by atoms with E-state index in [1.807, 2.05) is 14.0 Å². The van der Waals surface area contributed by atoms with Gasteiger partial charge >= 0.3 is 0 Å². The van der Waals surface area contributed by atoms with Gasteiger partial charge in [-0.05, 0) is 52.0 Å². The van der Waals surface area contributed by atoms with Crippen LogP contribution in [0.5, 0.6) is 0 Å². The Hall–Kier alpha value is -0.610. The zero-order valence-electron chi connectivity index (χ0n) is 13.0. The summed E-state index contributed by atoms with van der Waals surface area (Å²) in [5.74, 6) is 0.908. The Bertz CT molecular complexity index is 285. The first-order chi connectivity index (χ1) is 8.93. The van der Waals surface area contributed by atoms with E-state index in [1.165, 1.54) is 12.8 Å². The summed E-state index contributed by atoms with van der Waals surface area (Å²) in [6, 6.07) is 0.251. The van der Waals surface area contributed by atoms with Gasteiger partial charge in [0.15, 0.2) is 0 Å². The zero-order valence-corrected chi connectivity index (χ0v) is 13.0. The van der Waals surface area contributed by atoms with E-state index < -0.39 is 0 Å². The van der Waals surface area contributed by atoms with Gasteiger partial charge in [-0.1, -0.05) is 13.8 Å². The van der Waals surface area contributed by atoms with Gasteiger partial charge in [0.05, 0.1) is 6.54 Å². The number of hydrogen-bond acceptors (Lipinski definition) is 3. The number of likely N-dealkylation sites (N-methyl/N-ethyl adjacent to an activating group) is 1. The van der Waals surface area contributed by atoms with E-state index in [4.69, 9.17) is 5.73 Å². The fourth-order valence-corrected chi connectivity index (χ4v) is 2.85. The number of carbonyl (C=O) groups is 1. The summed E-state index contributed by atoms with van der Waals surface area (Å²) in [7, 11) is 2.04. The van der Waals surface area contributed by atoms with Crippen molar-refractivity contribution < 1.29 is 4.79 Å². The maximum atomic E-state index is 12.0. The largest absolute Gasteiger partial charge is 0.353 e. The third-order valence-corrected chi connectivity index (χ3v) is 4.80. The standard InChI is InChI=1S/C15H31N3O/c1-5-13(3)17-14(19)10-18(4)15(11-16)8-6-12(2)7-9-15/h12-13H,5-11,16H2,1-4H3,(H,17,19). The molecule has 19 heavy (non-hydrogen) atoms. The third-order valence-electron chi connectivity index (χ3n) is 4.80. The molecule has 0 aromatic carbocycles. The Morgan fingerprint density at radius 3 is 2.53 bits per heavy atom. The fraction of sp³-hybridized carbons (Fsp3) is 0.933. The van der Waals surface area contributed by atoms with Gasteiger partial charge in [-0.2, -0.15) is 0 Å². The second-order valence-corrected chi connectivity index (χ2v) is 6.34. The number of nitrogens with two attached hydrogens (primary N) is 1. The minimum absolute atomic E-state index is 0.0271. The Kier molecular flexibility index (Phi) is 6.27. The summed E-state index contributed by atoms with van der Waals surface area (Å²) >= 11 is 0. The molecule has 0 heterocycles. The highest BCUT2D eigenvalue weighted by atomic mass is 16.2. The highest BCUT2D eigenvalue weighted by molar-refractivity contribution is 5.78. The molecule has 4 nitrogen and oxygen atoms in total. The van der Waals surface area contributed by atoms with Gasteiger partial charge in [0.2, 0.25) is 5.91 Å². The first kappa shape index (κ1) is 16.4. The van der Waals surface area contributed by atoms with Gasteiger partial charge in [0.25, 0.3) is 0 Å². The first-order valence-corrected chi connectivity index (χ1v) is 7.64. The van der Waals surface area contributed by atoms with Gasteiger partial charge in [0.1, 0.15) is 0 Å². The molecule has 1 aliphatic rings. The van der Waals surface area contributed by atoms with E-state index >= 15 is 0 Å². The van der Waals surface area contributed by atoms with Crippen LogP contribution in [-0.2, 0) is 4.79 Å². The molecule has 1 aliphatic carbocycles. The summed E-state index contributed by atoms with van der Waals surface area (Å²) in [6.07, 6.45) is 5.62. The molecule has 0 saturated heterocycles. The average molecular weight is 269 g/mol. The summed E-state index contributed by atoms with van der Waals surface area (Å²) < 4.78 is 0. The monoisotopic (exact) mass is 269 g/mol. The molecule has 1 atom stereocenters. The molecule has 0 bridgehead atoms.